The van der Waals surface area contributed by atoms with Gasteiger partial charge < -0.3 is 10.1 Å². The standard InChI is InChI=1S/C19H22ClNO2/c1-13(2)10-11-23-18-7-5-4-6-16(18)19(22)21-17-12-15(20)9-8-14(17)3/h4-9,12-13H,10-11H2,1-3H3,(H,21,22). The average Bonchev–Trinajstić information content (AvgIpc) is 2.51. The normalized spacial score (nSPS) is 10.7. The summed E-state index contributed by atoms with van der Waals surface area (Å²) in [6, 6.07) is 12.7. The molecule has 2 aromatic rings. The molecule has 1 N–H and O–H groups in total. The van der Waals surface area contributed by atoms with Gasteiger partial charge in [0.1, 0.15) is 5.75 Å². The van der Waals surface area contributed by atoms with Gasteiger partial charge in [-0.3, -0.25) is 4.79 Å². The van der Waals surface area contributed by atoms with Crippen LogP contribution in [0.4, 0.5) is 5.69 Å². The van der Waals surface area contributed by atoms with Crippen molar-refractivity contribution in [3.63, 3.8) is 0 Å². The molecule has 0 aliphatic carbocycles. The summed E-state index contributed by atoms with van der Waals surface area (Å²) in [5, 5.41) is 3.49. The minimum atomic E-state index is -0.199. The maximum absolute atomic E-state index is 12.6. The minimum absolute atomic E-state index is 0.199. The molecule has 0 aromatic heterocycles. The first-order chi connectivity index (χ1) is 11.0. The van der Waals surface area contributed by atoms with Gasteiger partial charge in [-0.1, -0.05) is 43.6 Å². The molecule has 122 valence electrons. The third kappa shape index (κ3) is 5.00. The summed E-state index contributed by atoms with van der Waals surface area (Å²) >= 11 is 6.00. The number of para-hydroxylation sites is 1. The van der Waals surface area contributed by atoms with Crippen LogP contribution in [0, 0.1) is 12.8 Å². The van der Waals surface area contributed by atoms with Crippen molar-refractivity contribution in [2.75, 3.05) is 11.9 Å². The number of amides is 1. The number of ether oxygens (including phenoxy) is 1. The number of hydrogen-bond acceptors (Lipinski definition) is 2. The molecule has 0 heterocycles. The van der Waals surface area contributed by atoms with Gasteiger partial charge in [-0.25, -0.2) is 0 Å². The van der Waals surface area contributed by atoms with Crippen LogP contribution in [-0.2, 0) is 0 Å². The molecule has 0 radical (unpaired) electrons. The highest BCUT2D eigenvalue weighted by Crippen LogP contribution is 2.24. The maximum Gasteiger partial charge on any atom is 0.259 e. The van der Waals surface area contributed by atoms with E-state index < -0.39 is 0 Å². The summed E-state index contributed by atoms with van der Waals surface area (Å²) in [7, 11) is 0. The first-order valence-electron chi connectivity index (χ1n) is 7.76. The number of carbonyl (C=O) groups excluding carboxylic acids is 1. The van der Waals surface area contributed by atoms with Crippen LogP contribution in [0.5, 0.6) is 5.75 Å². The molecule has 0 fully saturated rings. The highest BCUT2D eigenvalue weighted by Gasteiger charge is 2.13. The van der Waals surface area contributed by atoms with Gasteiger partial charge in [0, 0.05) is 10.7 Å². The van der Waals surface area contributed by atoms with Crippen molar-refractivity contribution in [2.45, 2.75) is 27.2 Å². The summed E-state index contributed by atoms with van der Waals surface area (Å²) in [5.74, 6) is 0.964. The highest BCUT2D eigenvalue weighted by molar-refractivity contribution is 6.31. The quantitative estimate of drug-likeness (QED) is 0.777. The monoisotopic (exact) mass is 331 g/mol. The lowest BCUT2D eigenvalue weighted by Crippen LogP contribution is -2.15. The van der Waals surface area contributed by atoms with Gasteiger partial charge in [0.25, 0.3) is 5.91 Å². The Morgan fingerprint density at radius 2 is 1.96 bits per heavy atom. The number of benzene rings is 2. The van der Waals surface area contributed by atoms with Crippen LogP contribution in [0.25, 0.3) is 0 Å². The Morgan fingerprint density at radius 1 is 1.22 bits per heavy atom. The van der Waals surface area contributed by atoms with Crippen molar-refractivity contribution in [3.8, 4) is 5.75 Å². The Hall–Kier alpha value is -2.00. The topological polar surface area (TPSA) is 38.3 Å². The molecule has 0 aliphatic heterocycles. The van der Waals surface area contributed by atoms with E-state index in [0.29, 0.717) is 34.5 Å². The molecule has 3 nitrogen and oxygen atoms in total. The molecule has 0 bridgehead atoms. The van der Waals surface area contributed by atoms with Crippen molar-refractivity contribution < 1.29 is 9.53 Å². The van der Waals surface area contributed by atoms with Crippen LogP contribution in [-0.4, -0.2) is 12.5 Å². The Kier molecular flexibility index (Phi) is 6.05. The van der Waals surface area contributed by atoms with Crippen molar-refractivity contribution >= 4 is 23.2 Å². The van der Waals surface area contributed by atoms with E-state index in [1.54, 1.807) is 18.2 Å². The fourth-order valence-corrected chi connectivity index (χ4v) is 2.28. The van der Waals surface area contributed by atoms with E-state index in [9.17, 15) is 4.79 Å². The molecule has 23 heavy (non-hydrogen) atoms. The van der Waals surface area contributed by atoms with Gasteiger partial charge in [-0.2, -0.15) is 0 Å². The molecule has 2 aromatic carbocycles. The number of hydrogen-bond donors (Lipinski definition) is 1. The van der Waals surface area contributed by atoms with E-state index in [2.05, 4.69) is 19.2 Å². The summed E-state index contributed by atoms with van der Waals surface area (Å²) in [6.45, 7) is 6.81. The summed E-state index contributed by atoms with van der Waals surface area (Å²) in [4.78, 5) is 12.6. The van der Waals surface area contributed by atoms with E-state index in [1.807, 2.05) is 31.2 Å². The van der Waals surface area contributed by atoms with E-state index in [0.717, 1.165) is 12.0 Å². The van der Waals surface area contributed by atoms with Crippen molar-refractivity contribution in [1.29, 1.82) is 0 Å². The molecule has 0 atom stereocenters. The number of nitrogens with one attached hydrogen (secondary N) is 1. The second-order valence-corrected chi connectivity index (χ2v) is 6.38. The average molecular weight is 332 g/mol. The van der Waals surface area contributed by atoms with E-state index in [4.69, 9.17) is 16.3 Å². The van der Waals surface area contributed by atoms with Crippen molar-refractivity contribution in [1.82, 2.24) is 0 Å². The van der Waals surface area contributed by atoms with Crippen molar-refractivity contribution in [2.24, 2.45) is 5.92 Å². The van der Waals surface area contributed by atoms with Crippen LogP contribution >= 0.6 is 11.6 Å². The lowest BCUT2D eigenvalue weighted by molar-refractivity contribution is 0.102. The second kappa shape index (κ2) is 8.02. The predicted octanol–water partition coefficient (Wildman–Crippen LogP) is 5.33. The Bertz CT molecular complexity index is 683. The molecule has 0 saturated heterocycles. The van der Waals surface area contributed by atoms with Gasteiger partial charge in [0.2, 0.25) is 0 Å². The molecule has 2 rings (SSSR count). The summed E-state index contributed by atoms with van der Waals surface area (Å²) in [5.41, 5.74) is 2.19. The Labute approximate surface area is 142 Å². The van der Waals surface area contributed by atoms with Crippen LogP contribution in [0.1, 0.15) is 36.2 Å². The predicted molar refractivity (Wildman–Crippen MR) is 95.5 cm³/mol. The molecule has 0 unspecified atom stereocenters. The van der Waals surface area contributed by atoms with Gasteiger partial charge in [0.15, 0.2) is 0 Å². The maximum atomic E-state index is 12.6. The highest BCUT2D eigenvalue weighted by atomic mass is 35.5. The van der Waals surface area contributed by atoms with Crippen molar-refractivity contribution in [3.05, 3.63) is 58.6 Å². The van der Waals surface area contributed by atoms with Crippen LogP contribution in [0.3, 0.4) is 0 Å². The summed E-state index contributed by atoms with van der Waals surface area (Å²) < 4.78 is 5.77. The fourth-order valence-electron chi connectivity index (χ4n) is 2.10. The first kappa shape index (κ1) is 17.4. The lowest BCUT2D eigenvalue weighted by Gasteiger charge is -2.13. The molecule has 0 spiro atoms. The first-order valence-corrected chi connectivity index (χ1v) is 8.14. The number of aryl methyl sites for hydroxylation is 1. The molecule has 0 aliphatic rings. The third-order valence-corrected chi connectivity index (χ3v) is 3.77. The van der Waals surface area contributed by atoms with Gasteiger partial charge in [-0.15, -0.1) is 0 Å². The van der Waals surface area contributed by atoms with E-state index in [1.165, 1.54) is 0 Å². The lowest BCUT2D eigenvalue weighted by atomic mass is 10.1. The van der Waals surface area contributed by atoms with Crippen LogP contribution < -0.4 is 10.1 Å². The second-order valence-electron chi connectivity index (χ2n) is 5.94. The fraction of sp³-hybridized carbons (Fsp3) is 0.316. The minimum Gasteiger partial charge on any atom is -0.493 e. The molecular weight excluding hydrogens is 310 g/mol. The Morgan fingerprint density at radius 3 is 2.70 bits per heavy atom. The molecular formula is C19H22ClNO2. The smallest absolute Gasteiger partial charge is 0.259 e. The van der Waals surface area contributed by atoms with E-state index >= 15 is 0 Å². The van der Waals surface area contributed by atoms with Gasteiger partial charge in [-0.05, 0) is 49.1 Å². The van der Waals surface area contributed by atoms with Gasteiger partial charge in [0.05, 0.1) is 12.2 Å². The number of rotatable bonds is 6. The zero-order valence-corrected chi connectivity index (χ0v) is 14.5. The number of halogens is 1. The zero-order valence-electron chi connectivity index (χ0n) is 13.7. The zero-order chi connectivity index (χ0) is 16.8. The number of carbonyl (C=O) groups is 1. The Balaban J connectivity index is 2.14. The summed E-state index contributed by atoms with van der Waals surface area (Å²) in [6.07, 6.45) is 0.948. The third-order valence-electron chi connectivity index (χ3n) is 3.53. The van der Waals surface area contributed by atoms with Crippen LogP contribution in [0.15, 0.2) is 42.5 Å². The van der Waals surface area contributed by atoms with Crippen LogP contribution in [0.2, 0.25) is 5.02 Å². The molecule has 0 saturated carbocycles. The van der Waals surface area contributed by atoms with Gasteiger partial charge >= 0.3 is 0 Å². The largest absolute Gasteiger partial charge is 0.493 e. The van der Waals surface area contributed by atoms with E-state index in [-0.39, 0.29) is 5.91 Å². The SMILES string of the molecule is Cc1ccc(Cl)cc1NC(=O)c1ccccc1OCCC(C)C. The molecule has 4 heteroatoms. The number of anilines is 1. The molecule has 1 amide bonds.